The highest BCUT2D eigenvalue weighted by Gasteiger charge is 2.18. The summed E-state index contributed by atoms with van der Waals surface area (Å²) < 4.78 is 3.74. The number of amides is 2. The number of nitrogens with one attached hydrogen (secondary N) is 3. The molecule has 0 saturated carbocycles. The van der Waals surface area contributed by atoms with Crippen LogP contribution in [-0.2, 0) is 11.3 Å². The Kier molecular flexibility index (Phi) is 8.48. The molecule has 0 fully saturated rings. The van der Waals surface area contributed by atoms with Crippen molar-refractivity contribution in [1.29, 1.82) is 0 Å². The van der Waals surface area contributed by atoms with Gasteiger partial charge in [-0.3, -0.25) is 14.6 Å². The molecule has 2 amide bonds. The minimum absolute atomic E-state index is 0.117. The summed E-state index contributed by atoms with van der Waals surface area (Å²) in [5.41, 5.74) is 3.55. The zero-order valence-electron chi connectivity index (χ0n) is 21.6. The van der Waals surface area contributed by atoms with Gasteiger partial charge in [-0.15, -0.1) is 0 Å². The number of carbonyl (C=O) groups is 2. The summed E-state index contributed by atoms with van der Waals surface area (Å²) >= 11 is 6.13. The molecule has 5 rings (SSSR count). The summed E-state index contributed by atoms with van der Waals surface area (Å²) in [5.74, 6) is -0.772. The molecule has 0 aliphatic heterocycles. The minimum atomic E-state index is -0.391. The molecule has 0 radical (unpaired) electrons. The van der Waals surface area contributed by atoms with E-state index in [2.05, 4.69) is 15.6 Å². The van der Waals surface area contributed by atoms with Crippen LogP contribution in [0.25, 0.3) is 23.0 Å². The number of aromatic amines is 1. The molecular weight excluding hydrogens is 524 g/mol. The topological polar surface area (TPSA) is 95.7 Å². The zero-order valence-corrected chi connectivity index (χ0v) is 22.4. The highest BCUT2D eigenvalue weighted by atomic mass is 35.5. The van der Waals surface area contributed by atoms with Crippen molar-refractivity contribution in [2.45, 2.75) is 13.0 Å². The molecule has 0 bridgehead atoms. The standard InChI is InChI=1S/C31H27ClN6O2/c32-26-14-12-23(13-15-26)29-25(21-38(36-29)27-10-5-2-6-11-27)20-28(35-30(39)24-8-3-1-4-9-24)31(40)34-16-7-18-37-19-17-33-22-37/h1-6,8-15,17,19-22H,7,16,18H2,(H2,34,35,39,40)/p+1. The van der Waals surface area contributed by atoms with E-state index in [-0.39, 0.29) is 11.6 Å². The number of hydrogen-bond acceptors (Lipinski definition) is 3. The maximum Gasteiger partial charge on any atom is 0.267 e. The number of nitrogens with zero attached hydrogens (tertiary/aromatic N) is 3. The molecule has 3 aromatic carbocycles. The van der Waals surface area contributed by atoms with Crippen LogP contribution in [0, 0.1) is 0 Å². The van der Waals surface area contributed by atoms with Crippen LogP contribution in [0.3, 0.4) is 0 Å². The quantitative estimate of drug-likeness (QED) is 0.132. The van der Waals surface area contributed by atoms with Gasteiger partial charge < -0.3 is 10.6 Å². The SMILES string of the molecule is O=C(NCCC[n+]1cc[nH]c1)C(=Cc1cn(-c2ccccc2)nc1-c1ccc(Cl)cc1)NC(=O)c1ccccc1. The van der Waals surface area contributed by atoms with Crippen LogP contribution in [0.4, 0.5) is 0 Å². The van der Waals surface area contributed by atoms with Gasteiger partial charge in [0.05, 0.1) is 12.2 Å². The highest BCUT2D eigenvalue weighted by Crippen LogP contribution is 2.27. The van der Waals surface area contributed by atoms with Crippen molar-refractivity contribution in [3.8, 4) is 16.9 Å². The van der Waals surface area contributed by atoms with Crippen LogP contribution >= 0.6 is 11.6 Å². The van der Waals surface area contributed by atoms with E-state index in [0.717, 1.165) is 24.2 Å². The van der Waals surface area contributed by atoms with Gasteiger partial charge in [-0.2, -0.15) is 5.10 Å². The molecule has 9 heteroatoms. The second kappa shape index (κ2) is 12.7. The molecule has 0 spiro atoms. The van der Waals surface area contributed by atoms with Gasteiger partial charge in [-0.05, 0) is 42.5 Å². The van der Waals surface area contributed by atoms with Gasteiger partial charge in [0.15, 0.2) is 0 Å². The maximum absolute atomic E-state index is 13.4. The largest absolute Gasteiger partial charge is 0.351 e. The van der Waals surface area contributed by atoms with Gasteiger partial charge in [0.25, 0.3) is 11.8 Å². The molecule has 5 aromatic rings. The van der Waals surface area contributed by atoms with Crippen LogP contribution in [0.15, 0.2) is 116 Å². The van der Waals surface area contributed by atoms with E-state index in [9.17, 15) is 9.59 Å². The number of para-hydroxylation sites is 1. The van der Waals surface area contributed by atoms with E-state index in [1.165, 1.54) is 0 Å². The normalized spacial score (nSPS) is 11.3. The molecule has 2 aromatic heterocycles. The monoisotopic (exact) mass is 551 g/mol. The summed E-state index contributed by atoms with van der Waals surface area (Å²) in [6.45, 7) is 1.17. The Balaban J connectivity index is 1.48. The number of aromatic nitrogens is 4. The first-order valence-electron chi connectivity index (χ1n) is 12.9. The van der Waals surface area contributed by atoms with E-state index in [1.807, 2.05) is 78.0 Å². The summed E-state index contributed by atoms with van der Waals surface area (Å²) in [5, 5.41) is 11.2. The van der Waals surface area contributed by atoms with Crippen LogP contribution in [0.2, 0.25) is 5.02 Å². The minimum Gasteiger partial charge on any atom is -0.351 e. The lowest BCUT2D eigenvalue weighted by atomic mass is 10.1. The third-order valence-corrected chi connectivity index (χ3v) is 6.44. The van der Waals surface area contributed by atoms with Crippen molar-refractivity contribution in [3.63, 3.8) is 0 Å². The molecule has 3 N–H and O–H groups in total. The van der Waals surface area contributed by atoms with E-state index in [0.29, 0.717) is 28.4 Å². The van der Waals surface area contributed by atoms with Crippen molar-refractivity contribution >= 4 is 29.5 Å². The predicted octanol–water partition coefficient (Wildman–Crippen LogP) is 4.79. The van der Waals surface area contributed by atoms with Crippen LogP contribution in [0.1, 0.15) is 22.3 Å². The fraction of sp³-hybridized carbons (Fsp3) is 0.0968. The van der Waals surface area contributed by atoms with Crippen molar-refractivity contribution in [3.05, 3.63) is 132 Å². The molecule has 0 unspecified atom stereocenters. The van der Waals surface area contributed by atoms with Crippen LogP contribution in [-0.4, -0.2) is 33.1 Å². The third kappa shape index (κ3) is 6.73. The molecule has 8 nitrogen and oxygen atoms in total. The fourth-order valence-corrected chi connectivity index (χ4v) is 4.28. The highest BCUT2D eigenvalue weighted by molar-refractivity contribution is 6.30. The molecule has 0 atom stereocenters. The number of halogens is 1. The van der Waals surface area contributed by atoms with E-state index in [4.69, 9.17) is 16.7 Å². The Hall–Kier alpha value is -4.95. The Morgan fingerprint density at radius 3 is 2.40 bits per heavy atom. The number of rotatable bonds is 10. The summed E-state index contributed by atoms with van der Waals surface area (Å²) in [7, 11) is 0. The average Bonchev–Trinajstić information content (AvgIpc) is 3.67. The van der Waals surface area contributed by atoms with Crippen LogP contribution < -0.4 is 15.2 Å². The molecule has 200 valence electrons. The zero-order chi connectivity index (χ0) is 27.7. The van der Waals surface area contributed by atoms with Crippen molar-refractivity contribution in [2.75, 3.05) is 6.54 Å². The van der Waals surface area contributed by atoms with Gasteiger partial charge in [-0.1, -0.05) is 60.1 Å². The first-order chi connectivity index (χ1) is 19.6. The number of carbonyl (C=O) groups excluding carboxylic acids is 2. The Morgan fingerprint density at radius 1 is 0.975 bits per heavy atom. The van der Waals surface area contributed by atoms with Gasteiger partial charge in [0.2, 0.25) is 6.33 Å². The summed E-state index contributed by atoms with van der Waals surface area (Å²) in [6.07, 6.45) is 9.84. The van der Waals surface area contributed by atoms with Crippen LogP contribution in [0.5, 0.6) is 0 Å². The lowest BCUT2D eigenvalue weighted by Crippen LogP contribution is -2.37. The van der Waals surface area contributed by atoms with Gasteiger partial charge in [0.1, 0.15) is 23.8 Å². The van der Waals surface area contributed by atoms with Gasteiger partial charge in [0, 0.05) is 40.9 Å². The number of hydrogen-bond donors (Lipinski definition) is 3. The molecule has 40 heavy (non-hydrogen) atoms. The number of H-pyrrole nitrogens is 1. The Bertz CT molecular complexity index is 1600. The van der Waals surface area contributed by atoms with Gasteiger partial charge in [-0.25, -0.2) is 9.25 Å². The second-order valence-corrected chi connectivity index (χ2v) is 9.49. The van der Waals surface area contributed by atoms with E-state index < -0.39 is 5.91 Å². The van der Waals surface area contributed by atoms with Crippen molar-refractivity contribution in [2.24, 2.45) is 0 Å². The average molecular weight is 552 g/mol. The molecule has 0 saturated heterocycles. The number of benzene rings is 3. The lowest BCUT2D eigenvalue weighted by Gasteiger charge is -2.11. The third-order valence-electron chi connectivity index (χ3n) is 6.19. The Morgan fingerprint density at radius 2 is 1.70 bits per heavy atom. The number of imidazole rings is 1. The number of aryl methyl sites for hydroxylation is 1. The van der Waals surface area contributed by atoms with Gasteiger partial charge >= 0.3 is 0 Å². The van der Waals surface area contributed by atoms with E-state index >= 15 is 0 Å². The molecule has 2 heterocycles. The first kappa shape index (κ1) is 26.6. The summed E-state index contributed by atoms with van der Waals surface area (Å²) in [4.78, 5) is 29.5. The van der Waals surface area contributed by atoms with Crippen molar-refractivity contribution in [1.82, 2.24) is 25.4 Å². The fourth-order valence-electron chi connectivity index (χ4n) is 4.15. The lowest BCUT2D eigenvalue weighted by molar-refractivity contribution is -0.695. The molecular formula is C31H28ClN6O2+. The molecule has 0 aliphatic rings. The Labute approximate surface area is 236 Å². The maximum atomic E-state index is 13.4. The molecule has 0 aliphatic carbocycles. The summed E-state index contributed by atoms with van der Waals surface area (Å²) in [6, 6.07) is 25.8. The smallest absolute Gasteiger partial charge is 0.267 e. The van der Waals surface area contributed by atoms with E-state index in [1.54, 1.807) is 47.2 Å². The first-order valence-corrected chi connectivity index (χ1v) is 13.2. The van der Waals surface area contributed by atoms with Crippen molar-refractivity contribution < 1.29 is 14.2 Å². The second-order valence-electron chi connectivity index (χ2n) is 9.06. The predicted molar refractivity (Wildman–Crippen MR) is 155 cm³/mol.